The molecule has 2 rings (SSSR count). The number of ether oxygens (including phenoxy) is 1. The maximum Gasteiger partial charge on any atom is 0.126 e. The van der Waals surface area contributed by atoms with Gasteiger partial charge in [0.25, 0.3) is 0 Å². The molecule has 0 amide bonds. The number of hydrogen-bond donors (Lipinski definition) is 1. The quantitative estimate of drug-likeness (QED) is 0.911. The standard InChI is InChI=1S/C14H19BrO2/c1-3-4-9(2)13-8-12(16)11-6-5-10(15)7-14(11)17-13/h5-7,9,12-13,16H,3-4,8H2,1-2H3/t9?,12-,13?/m1/s1. The molecule has 2 nitrogen and oxygen atoms in total. The highest BCUT2D eigenvalue weighted by atomic mass is 79.9. The van der Waals surface area contributed by atoms with E-state index in [9.17, 15) is 5.11 Å². The normalized spacial score (nSPS) is 24.9. The molecule has 17 heavy (non-hydrogen) atoms. The largest absolute Gasteiger partial charge is 0.490 e. The van der Waals surface area contributed by atoms with E-state index in [1.165, 1.54) is 0 Å². The van der Waals surface area contributed by atoms with Gasteiger partial charge in [-0.05, 0) is 24.5 Å². The molecule has 0 saturated carbocycles. The fourth-order valence-electron chi connectivity index (χ4n) is 2.43. The van der Waals surface area contributed by atoms with E-state index in [0.29, 0.717) is 12.3 Å². The van der Waals surface area contributed by atoms with E-state index in [1.807, 2.05) is 18.2 Å². The first-order valence-electron chi connectivity index (χ1n) is 6.26. The van der Waals surface area contributed by atoms with Crippen LogP contribution in [0, 0.1) is 5.92 Å². The molecule has 0 saturated heterocycles. The van der Waals surface area contributed by atoms with Gasteiger partial charge in [0.2, 0.25) is 0 Å². The minimum Gasteiger partial charge on any atom is -0.490 e. The van der Waals surface area contributed by atoms with Crippen LogP contribution in [0.25, 0.3) is 0 Å². The van der Waals surface area contributed by atoms with E-state index in [-0.39, 0.29) is 6.10 Å². The van der Waals surface area contributed by atoms with Crippen LogP contribution in [0.3, 0.4) is 0 Å². The van der Waals surface area contributed by atoms with Crippen LogP contribution in [0.5, 0.6) is 5.75 Å². The van der Waals surface area contributed by atoms with Crippen molar-refractivity contribution in [3.05, 3.63) is 28.2 Å². The summed E-state index contributed by atoms with van der Waals surface area (Å²) in [5.74, 6) is 1.31. The molecule has 1 aromatic carbocycles. The topological polar surface area (TPSA) is 29.5 Å². The summed E-state index contributed by atoms with van der Waals surface area (Å²) in [6, 6.07) is 5.83. The van der Waals surface area contributed by atoms with Gasteiger partial charge in [-0.1, -0.05) is 42.3 Å². The van der Waals surface area contributed by atoms with E-state index in [2.05, 4.69) is 29.8 Å². The van der Waals surface area contributed by atoms with Gasteiger partial charge in [-0.15, -0.1) is 0 Å². The third-order valence-corrected chi connectivity index (χ3v) is 3.94. The zero-order valence-corrected chi connectivity index (χ0v) is 11.9. The molecule has 0 radical (unpaired) electrons. The van der Waals surface area contributed by atoms with Gasteiger partial charge >= 0.3 is 0 Å². The summed E-state index contributed by atoms with van der Waals surface area (Å²) in [4.78, 5) is 0. The number of rotatable bonds is 3. The summed E-state index contributed by atoms with van der Waals surface area (Å²) >= 11 is 3.44. The molecular formula is C14H19BrO2. The van der Waals surface area contributed by atoms with E-state index in [0.717, 1.165) is 28.6 Å². The number of aliphatic hydroxyl groups is 1. The van der Waals surface area contributed by atoms with Crippen LogP contribution < -0.4 is 4.74 Å². The van der Waals surface area contributed by atoms with Crippen LogP contribution in [0.1, 0.15) is 44.8 Å². The number of benzene rings is 1. The third kappa shape index (κ3) is 2.83. The third-order valence-electron chi connectivity index (χ3n) is 3.45. The van der Waals surface area contributed by atoms with Gasteiger partial charge in [0.05, 0.1) is 6.10 Å². The summed E-state index contributed by atoms with van der Waals surface area (Å²) < 4.78 is 7.00. The molecule has 1 aromatic rings. The zero-order chi connectivity index (χ0) is 12.4. The molecular weight excluding hydrogens is 280 g/mol. The average molecular weight is 299 g/mol. The van der Waals surface area contributed by atoms with Gasteiger partial charge < -0.3 is 9.84 Å². The first kappa shape index (κ1) is 12.9. The van der Waals surface area contributed by atoms with E-state index in [1.54, 1.807) is 0 Å². The summed E-state index contributed by atoms with van der Waals surface area (Å²) in [6.07, 6.45) is 2.74. The van der Waals surface area contributed by atoms with Crippen LogP contribution in [-0.4, -0.2) is 11.2 Å². The summed E-state index contributed by atoms with van der Waals surface area (Å²) in [5.41, 5.74) is 0.910. The fourth-order valence-corrected chi connectivity index (χ4v) is 2.77. The molecule has 1 heterocycles. The van der Waals surface area contributed by atoms with Gasteiger partial charge in [0.1, 0.15) is 11.9 Å². The molecule has 0 bridgehead atoms. The summed E-state index contributed by atoms with van der Waals surface area (Å²) in [6.45, 7) is 4.38. The lowest BCUT2D eigenvalue weighted by molar-refractivity contribution is 0.0361. The second-order valence-corrected chi connectivity index (χ2v) is 5.77. The first-order chi connectivity index (χ1) is 8.11. The fraction of sp³-hybridized carbons (Fsp3) is 0.571. The molecule has 1 aliphatic heterocycles. The Labute approximate surface area is 111 Å². The number of aliphatic hydroxyl groups excluding tert-OH is 1. The molecule has 3 heteroatoms. The van der Waals surface area contributed by atoms with Crippen LogP contribution in [0.4, 0.5) is 0 Å². The monoisotopic (exact) mass is 298 g/mol. The Bertz CT molecular complexity index is 392. The van der Waals surface area contributed by atoms with Gasteiger partial charge in [-0.2, -0.15) is 0 Å². The second kappa shape index (κ2) is 5.40. The molecule has 94 valence electrons. The van der Waals surface area contributed by atoms with Crippen LogP contribution >= 0.6 is 15.9 Å². The highest BCUT2D eigenvalue weighted by Crippen LogP contribution is 2.38. The van der Waals surface area contributed by atoms with Crippen molar-refractivity contribution in [3.63, 3.8) is 0 Å². The minimum absolute atomic E-state index is 0.131. The predicted molar refractivity (Wildman–Crippen MR) is 72.2 cm³/mol. The van der Waals surface area contributed by atoms with Crippen molar-refractivity contribution in [2.45, 2.75) is 45.3 Å². The van der Waals surface area contributed by atoms with Crippen molar-refractivity contribution in [3.8, 4) is 5.75 Å². The molecule has 2 unspecified atom stereocenters. The lowest BCUT2D eigenvalue weighted by atomic mass is 9.90. The van der Waals surface area contributed by atoms with Gasteiger partial charge in [-0.25, -0.2) is 0 Å². The Balaban J connectivity index is 2.19. The van der Waals surface area contributed by atoms with E-state index < -0.39 is 6.10 Å². The van der Waals surface area contributed by atoms with E-state index in [4.69, 9.17) is 4.74 Å². The van der Waals surface area contributed by atoms with Gasteiger partial charge in [0.15, 0.2) is 0 Å². The van der Waals surface area contributed by atoms with Gasteiger partial charge in [-0.3, -0.25) is 0 Å². The van der Waals surface area contributed by atoms with Crippen LogP contribution in [-0.2, 0) is 0 Å². The number of halogens is 1. The van der Waals surface area contributed by atoms with Crippen molar-refractivity contribution < 1.29 is 9.84 Å². The number of hydrogen-bond acceptors (Lipinski definition) is 2. The highest BCUT2D eigenvalue weighted by molar-refractivity contribution is 9.10. The van der Waals surface area contributed by atoms with Crippen LogP contribution in [0.2, 0.25) is 0 Å². The lowest BCUT2D eigenvalue weighted by Gasteiger charge is -2.33. The van der Waals surface area contributed by atoms with Crippen molar-refractivity contribution in [1.29, 1.82) is 0 Å². The van der Waals surface area contributed by atoms with Gasteiger partial charge in [0, 0.05) is 16.5 Å². The molecule has 1 aliphatic rings. The first-order valence-corrected chi connectivity index (χ1v) is 7.05. The van der Waals surface area contributed by atoms with Crippen molar-refractivity contribution in [2.75, 3.05) is 0 Å². The van der Waals surface area contributed by atoms with E-state index >= 15 is 0 Å². The average Bonchev–Trinajstić information content (AvgIpc) is 2.28. The van der Waals surface area contributed by atoms with Crippen molar-refractivity contribution >= 4 is 15.9 Å². The predicted octanol–water partition coefficient (Wildman–Crippen LogP) is 4.07. The Morgan fingerprint density at radius 2 is 2.29 bits per heavy atom. The Morgan fingerprint density at radius 1 is 1.53 bits per heavy atom. The molecule has 0 aliphatic carbocycles. The number of fused-ring (bicyclic) bond motifs is 1. The highest BCUT2D eigenvalue weighted by Gasteiger charge is 2.30. The van der Waals surface area contributed by atoms with Crippen molar-refractivity contribution in [1.82, 2.24) is 0 Å². The Hall–Kier alpha value is -0.540. The molecule has 0 fully saturated rings. The van der Waals surface area contributed by atoms with Crippen LogP contribution in [0.15, 0.2) is 22.7 Å². The zero-order valence-electron chi connectivity index (χ0n) is 10.3. The maximum atomic E-state index is 10.1. The van der Waals surface area contributed by atoms with Crippen molar-refractivity contribution in [2.24, 2.45) is 5.92 Å². The second-order valence-electron chi connectivity index (χ2n) is 4.86. The Morgan fingerprint density at radius 3 is 3.00 bits per heavy atom. The lowest BCUT2D eigenvalue weighted by Crippen LogP contribution is -2.31. The molecule has 3 atom stereocenters. The Kier molecular flexibility index (Phi) is 4.10. The molecule has 0 aromatic heterocycles. The summed E-state index contributed by atoms with van der Waals surface area (Å²) in [5, 5.41) is 10.1. The minimum atomic E-state index is -0.392. The smallest absolute Gasteiger partial charge is 0.126 e. The molecule has 1 N–H and O–H groups in total. The SMILES string of the molecule is CCCC(C)C1C[C@@H](O)c2ccc(Br)cc2O1. The maximum absolute atomic E-state index is 10.1. The summed E-state index contributed by atoms with van der Waals surface area (Å²) in [7, 11) is 0. The molecule has 0 spiro atoms.